The van der Waals surface area contributed by atoms with Gasteiger partial charge in [0.2, 0.25) is 0 Å². The van der Waals surface area contributed by atoms with E-state index in [1.54, 1.807) is 31.4 Å². The van der Waals surface area contributed by atoms with Crippen molar-refractivity contribution in [1.82, 2.24) is 0 Å². The van der Waals surface area contributed by atoms with Gasteiger partial charge in [0.1, 0.15) is 5.82 Å². The maximum atomic E-state index is 13.5. The van der Waals surface area contributed by atoms with Crippen molar-refractivity contribution in [2.24, 2.45) is 0 Å². The third-order valence-corrected chi connectivity index (χ3v) is 3.12. The molecule has 0 spiro atoms. The highest BCUT2D eigenvalue weighted by Crippen LogP contribution is 2.28. The Balaban J connectivity index is 2.17. The Bertz CT molecular complexity index is 424. The largest absolute Gasteiger partial charge is 0.501 e. The Morgan fingerprint density at radius 2 is 2.18 bits per heavy atom. The lowest BCUT2D eigenvalue weighted by Gasteiger charge is -2.29. The zero-order valence-corrected chi connectivity index (χ0v) is 9.95. The van der Waals surface area contributed by atoms with Gasteiger partial charge in [0.25, 0.3) is 0 Å². The number of aliphatic hydroxyl groups is 1. The van der Waals surface area contributed by atoms with Gasteiger partial charge in [-0.05, 0) is 37.0 Å². The van der Waals surface area contributed by atoms with Gasteiger partial charge in [0, 0.05) is 6.42 Å². The fourth-order valence-electron chi connectivity index (χ4n) is 2.09. The molecule has 1 unspecified atom stereocenters. The first-order valence-corrected chi connectivity index (χ1v) is 5.86. The van der Waals surface area contributed by atoms with Crippen LogP contribution >= 0.6 is 0 Å². The maximum absolute atomic E-state index is 13.5. The summed E-state index contributed by atoms with van der Waals surface area (Å²) in [4.78, 5) is 0. The second kappa shape index (κ2) is 4.88. The molecular weight excluding hydrogens is 219 g/mol. The first kappa shape index (κ1) is 12.1. The van der Waals surface area contributed by atoms with Crippen LogP contribution in [0.1, 0.15) is 25.3 Å². The number of hydrogen-bond acceptors (Lipinski definition) is 2. The van der Waals surface area contributed by atoms with E-state index >= 15 is 0 Å². The van der Waals surface area contributed by atoms with Crippen LogP contribution in [0.3, 0.4) is 0 Å². The van der Waals surface area contributed by atoms with Crippen LogP contribution < -0.4 is 0 Å². The molecule has 0 amide bonds. The summed E-state index contributed by atoms with van der Waals surface area (Å²) in [6, 6.07) is 6.54. The van der Waals surface area contributed by atoms with Crippen LogP contribution in [0.15, 0.2) is 36.1 Å². The summed E-state index contributed by atoms with van der Waals surface area (Å²) in [6.45, 7) is 2.40. The van der Waals surface area contributed by atoms with Crippen molar-refractivity contribution in [3.8, 4) is 0 Å². The van der Waals surface area contributed by atoms with Crippen molar-refractivity contribution >= 4 is 0 Å². The fraction of sp³-hybridized carbons (Fsp3) is 0.429. The van der Waals surface area contributed by atoms with Gasteiger partial charge in [-0.25, -0.2) is 4.39 Å². The average molecular weight is 236 g/mol. The van der Waals surface area contributed by atoms with Crippen LogP contribution in [0, 0.1) is 5.82 Å². The number of ether oxygens (including phenoxy) is 1. The highest BCUT2D eigenvalue weighted by Gasteiger charge is 2.28. The van der Waals surface area contributed by atoms with E-state index in [1.807, 2.05) is 0 Å². The first-order valence-electron chi connectivity index (χ1n) is 5.86. The van der Waals surface area contributed by atoms with Crippen molar-refractivity contribution in [3.05, 3.63) is 47.5 Å². The van der Waals surface area contributed by atoms with E-state index in [2.05, 4.69) is 0 Å². The van der Waals surface area contributed by atoms with Gasteiger partial charge in [-0.2, -0.15) is 0 Å². The lowest BCUT2D eigenvalue weighted by Crippen LogP contribution is -2.31. The minimum Gasteiger partial charge on any atom is -0.501 e. The van der Waals surface area contributed by atoms with E-state index in [0.29, 0.717) is 12.2 Å². The Morgan fingerprint density at radius 1 is 1.41 bits per heavy atom. The normalized spacial score (nSPS) is 19.1. The second-order valence-electron chi connectivity index (χ2n) is 4.66. The second-order valence-corrected chi connectivity index (χ2v) is 4.66. The summed E-state index contributed by atoms with van der Waals surface area (Å²) in [5.41, 5.74) is 0.332. The summed E-state index contributed by atoms with van der Waals surface area (Å²) < 4.78 is 18.7. The van der Waals surface area contributed by atoms with Gasteiger partial charge >= 0.3 is 0 Å². The third-order valence-electron chi connectivity index (χ3n) is 3.12. The molecule has 1 aliphatic rings. The molecule has 0 radical (unpaired) electrons. The SMILES string of the molecule is CC(O)(Cc1ccccc1F)C1=COCCC1. The molecule has 3 heteroatoms. The van der Waals surface area contributed by atoms with Crippen LogP contribution in [0.4, 0.5) is 4.39 Å². The summed E-state index contributed by atoms with van der Waals surface area (Å²) in [7, 11) is 0. The standard InChI is InChI=1S/C14H17FO2/c1-14(16,12-6-4-8-17-10-12)9-11-5-2-3-7-13(11)15/h2-3,5,7,10,16H,4,6,8-9H2,1H3. The smallest absolute Gasteiger partial charge is 0.126 e. The summed E-state index contributed by atoms with van der Waals surface area (Å²) in [5.74, 6) is -0.273. The molecule has 2 nitrogen and oxygen atoms in total. The molecule has 17 heavy (non-hydrogen) atoms. The third kappa shape index (κ3) is 2.86. The summed E-state index contributed by atoms with van der Waals surface area (Å²) in [5, 5.41) is 10.4. The van der Waals surface area contributed by atoms with Crippen LogP contribution in [-0.2, 0) is 11.2 Å². The van der Waals surface area contributed by atoms with E-state index < -0.39 is 5.60 Å². The zero-order chi connectivity index (χ0) is 12.3. The molecule has 1 aromatic rings. The molecule has 1 aromatic carbocycles. The van der Waals surface area contributed by atoms with Crippen LogP contribution in [0.5, 0.6) is 0 Å². The van der Waals surface area contributed by atoms with Crippen LogP contribution in [0.2, 0.25) is 0 Å². The van der Waals surface area contributed by atoms with Gasteiger partial charge in [0.05, 0.1) is 18.5 Å². The van der Waals surface area contributed by atoms with E-state index in [4.69, 9.17) is 4.74 Å². The van der Waals surface area contributed by atoms with Gasteiger partial charge in [-0.15, -0.1) is 0 Å². The molecular formula is C14H17FO2. The molecule has 1 N–H and O–H groups in total. The number of rotatable bonds is 3. The molecule has 2 rings (SSSR count). The average Bonchev–Trinajstić information content (AvgIpc) is 2.33. The van der Waals surface area contributed by atoms with E-state index in [0.717, 1.165) is 18.4 Å². The maximum Gasteiger partial charge on any atom is 0.126 e. The van der Waals surface area contributed by atoms with E-state index in [1.165, 1.54) is 6.07 Å². The monoisotopic (exact) mass is 236 g/mol. The Labute approximate surface area is 101 Å². The van der Waals surface area contributed by atoms with Gasteiger partial charge in [0.15, 0.2) is 0 Å². The van der Waals surface area contributed by atoms with Gasteiger partial charge in [-0.3, -0.25) is 0 Å². The highest BCUT2D eigenvalue weighted by atomic mass is 19.1. The lowest BCUT2D eigenvalue weighted by molar-refractivity contribution is 0.0798. The van der Waals surface area contributed by atoms with Crippen molar-refractivity contribution < 1.29 is 14.2 Å². The topological polar surface area (TPSA) is 29.5 Å². The summed E-state index contributed by atoms with van der Waals surface area (Å²) >= 11 is 0. The summed E-state index contributed by atoms with van der Waals surface area (Å²) in [6.07, 6.45) is 3.60. The Hall–Kier alpha value is -1.35. The Kier molecular flexibility index (Phi) is 3.48. The Morgan fingerprint density at radius 3 is 2.82 bits per heavy atom. The van der Waals surface area contributed by atoms with Crippen molar-refractivity contribution in [2.75, 3.05) is 6.61 Å². The number of halogens is 1. The van der Waals surface area contributed by atoms with Crippen LogP contribution in [-0.4, -0.2) is 17.3 Å². The molecule has 1 aliphatic heterocycles. The quantitative estimate of drug-likeness (QED) is 0.874. The number of benzene rings is 1. The van der Waals surface area contributed by atoms with E-state index in [-0.39, 0.29) is 12.2 Å². The van der Waals surface area contributed by atoms with E-state index in [9.17, 15) is 9.50 Å². The molecule has 1 heterocycles. The molecule has 0 saturated carbocycles. The fourth-order valence-corrected chi connectivity index (χ4v) is 2.09. The predicted octanol–water partition coefficient (Wildman–Crippen LogP) is 2.81. The molecule has 0 bridgehead atoms. The minimum absolute atomic E-state index is 0.273. The van der Waals surface area contributed by atoms with Crippen molar-refractivity contribution in [2.45, 2.75) is 31.8 Å². The van der Waals surface area contributed by atoms with Crippen molar-refractivity contribution in [3.63, 3.8) is 0 Å². The van der Waals surface area contributed by atoms with Gasteiger partial charge in [-0.1, -0.05) is 18.2 Å². The highest BCUT2D eigenvalue weighted by molar-refractivity contribution is 5.24. The molecule has 0 saturated heterocycles. The predicted molar refractivity (Wildman–Crippen MR) is 64.0 cm³/mol. The molecule has 0 fully saturated rings. The lowest BCUT2D eigenvalue weighted by atomic mass is 9.86. The van der Waals surface area contributed by atoms with Crippen molar-refractivity contribution in [1.29, 1.82) is 0 Å². The van der Waals surface area contributed by atoms with Gasteiger partial charge < -0.3 is 9.84 Å². The first-order chi connectivity index (χ1) is 8.09. The zero-order valence-electron chi connectivity index (χ0n) is 9.95. The molecule has 0 aromatic heterocycles. The molecule has 92 valence electrons. The molecule has 1 atom stereocenters. The van der Waals surface area contributed by atoms with Crippen LogP contribution in [0.25, 0.3) is 0 Å². The number of hydrogen-bond donors (Lipinski definition) is 1. The molecule has 0 aliphatic carbocycles. The minimum atomic E-state index is -1.04.